The largest absolute Gasteiger partial charge is 0.330 e. The van der Waals surface area contributed by atoms with Gasteiger partial charge in [-0.1, -0.05) is 33.8 Å². The van der Waals surface area contributed by atoms with Crippen LogP contribution in [0.15, 0.2) is 73.4 Å². The minimum absolute atomic E-state index is 0.0524. The van der Waals surface area contributed by atoms with E-state index < -0.39 is 0 Å². The molecule has 1 amide bonds. The molecule has 3 heterocycles. The number of nitrogens with zero attached hydrogens (tertiary/aromatic N) is 4. The van der Waals surface area contributed by atoms with Crippen molar-refractivity contribution in [3.63, 3.8) is 0 Å². The van der Waals surface area contributed by atoms with Gasteiger partial charge in [-0.15, -0.1) is 0 Å². The summed E-state index contributed by atoms with van der Waals surface area (Å²) in [6.45, 7) is 9.86. The van der Waals surface area contributed by atoms with E-state index in [-0.39, 0.29) is 42.4 Å². The zero-order valence-corrected chi connectivity index (χ0v) is 23.3. The summed E-state index contributed by atoms with van der Waals surface area (Å²) in [4.78, 5) is 49.6. The third-order valence-corrected chi connectivity index (χ3v) is 5.80. The van der Waals surface area contributed by atoms with Crippen LogP contribution in [0.25, 0.3) is 0 Å². The highest BCUT2D eigenvalue weighted by Crippen LogP contribution is 2.06. The summed E-state index contributed by atoms with van der Waals surface area (Å²) in [6.07, 6.45) is 8.56. The number of hydrogen-bond acceptors (Lipinski definition) is 8. The van der Waals surface area contributed by atoms with Crippen molar-refractivity contribution in [2.75, 3.05) is 19.6 Å². The van der Waals surface area contributed by atoms with Gasteiger partial charge in [-0.3, -0.25) is 29.3 Å². The molecular weight excluding hydrogens is 492 g/mol. The smallest absolute Gasteiger partial charge is 0.237 e. The molecule has 3 rings (SSSR count). The predicted octanol–water partition coefficient (Wildman–Crippen LogP) is 3.22. The standard InChI is InChI=1S/C19H24N4O2.C11H16N2O/c1-15(2)18(24)14-23(13-17-5-9-21-10-6-17)19(25)12-22-11-16-3-7-20-8-4-16;1-9(2)11(14)8-12-7-10-5-3-4-6-13-10/h3-10,15,22H,11-14H2,1-2H3;3-6,9,12H,7-8H2,1-2H3. The average Bonchev–Trinajstić information content (AvgIpc) is 2.94. The molecule has 0 bridgehead atoms. The maximum atomic E-state index is 12.6. The number of ketones is 2. The van der Waals surface area contributed by atoms with Crippen molar-refractivity contribution in [1.82, 2.24) is 30.5 Å². The van der Waals surface area contributed by atoms with Crippen LogP contribution < -0.4 is 10.6 Å². The molecule has 0 spiro atoms. The first-order chi connectivity index (χ1) is 18.8. The Hall–Kier alpha value is -3.82. The number of carbonyl (C=O) groups excluding carboxylic acids is 3. The molecule has 0 fully saturated rings. The number of Topliss-reactive ketones (excluding diaryl/α,β-unsaturated/α-hetero) is 2. The summed E-state index contributed by atoms with van der Waals surface area (Å²) in [5.74, 6) is 0.195. The summed E-state index contributed by atoms with van der Waals surface area (Å²) in [7, 11) is 0. The lowest BCUT2D eigenvalue weighted by Crippen LogP contribution is -2.41. The molecule has 0 atom stereocenters. The number of hydrogen-bond donors (Lipinski definition) is 2. The highest BCUT2D eigenvalue weighted by molar-refractivity contribution is 5.87. The van der Waals surface area contributed by atoms with Gasteiger partial charge in [0.15, 0.2) is 5.78 Å². The van der Waals surface area contributed by atoms with E-state index in [1.807, 2.05) is 70.2 Å². The van der Waals surface area contributed by atoms with E-state index >= 15 is 0 Å². The second-order valence-corrected chi connectivity index (χ2v) is 9.73. The number of rotatable bonds is 14. The molecule has 0 saturated heterocycles. The minimum atomic E-state index is -0.0995. The molecule has 39 heavy (non-hydrogen) atoms. The van der Waals surface area contributed by atoms with Gasteiger partial charge in [0.2, 0.25) is 5.91 Å². The lowest BCUT2D eigenvalue weighted by atomic mass is 10.1. The van der Waals surface area contributed by atoms with Crippen LogP contribution in [0.2, 0.25) is 0 Å². The first kappa shape index (κ1) is 31.4. The quantitative estimate of drug-likeness (QED) is 0.325. The number of aromatic nitrogens is 3. The summed E-state index contributed by atoms with van der Waals surface area (Å²) in [5, 5.41) is 6.20. The number of pyridine rings is 3. The monoisotopic (exact) mass is 532 g/mol. The van der Waals surface area contributed by atoms with Gasteiger partial charge in [0, 0.05) is 62.5 Å². The zero-order valence-electron chi connectivity index (χ0n) is 23.3. The molecule has 208 valence electrons. The van der Waals surface area contributed by atoms with Gasteiger partial charge in [0.25, 0.3) is 0 Å². The third-order valence-electron chi connectivity index (χ3n) is 5.80. The number of amides is 1. The fourth-order valence-corrected chi connectivity index (χ4v) is 3.26. The van der Waals surface area contributed by atoms with Crippen LogP contribution in [-0.4, -0.2) is 57.0 Å². The van der Waals surface area contributed by atoms with Gasteiger partial charge in [-0.05, 0) is 47.5 Å². The van der Waals surface area contributed by atoms with E-state index in [0.717, 1.165) is 16.8 Å². The molecule has 9 heteroatoms. The van der Waals surface area contributed by atoms with Crippen molar-refractivity contribution in [2.24, 2.45) is 11.8 Å². The highest BCUT2D eigenvalue weighted by Gasteiger charge is 2.19. The Balaban J connectivity index is 0.000000322. The molecule has 0 aliphatic carbocycles. The second-order valence-electron chi connectivity index (χ2n) is 9.73. The Labute approximate surface area is 231 Å². The Morgan fingerprint density at radius 1 is 0.718 bits per heavy atom. The van der Waals surface area contributed by atoms with Crippen molar-refractivity contribution in [3.05, 3.63) is 90.3 Å². The SMILES string of the molecule is CC(C)C(=O)CN(Cc1ccncc1)C(=O)CNCc1ccncc1.CC(C)C(=O)CNCc1ccccn1. The molecular formula is C30H40N6O3. The molecule has 0 aliphatic heterocycles. The summed E-state index contributed by atoms with van der Waals surface area (Å²) < 4.78 is 0. The fraction of sp³-hybridized carbons (Fsp3) is 0.400. The Morgan fingerprint density at radius 2 is 1.31 bits per heavy atom. The van der Waals surface area contributed by atoms with E-state index in [2.05, 4.69) is 25.6 Å². The number of carbonyl (C=O) groups is 3. The number of nitrogens with one attached hydrogen (secondary N) is 2. The molecule has 0 unspecified atom stereocenters. The normalized spacial score (nSPS) is 10.6. The van der Waals surface area contributed by atoms with Crippen LogP contribution in [-0.2, 0) is 34.0 Å². The molecule has 3 aromatic rings. The van der Waals surface area contributed by atoms with Gasteiger partial charge in [-0.2, -0.15) is 0 Å². The fourth-order valence-electron chi connectivity index (χ4n) is 3.26. The summed E-state index contributed by atoms with van der Waals surface area (Å²) in [6, 6.07) is 13.3. The predicted molar refractivity (Wildman–Crippen MR) is 151 cm³/mol. The lowest BCUT2D eigenvalue weighted by molar-refractivity contribution is -0.136. The van der Waals surface area contributed by atoms with Gasteiger partial charge in [0.1, 0.15) is 5.78 Å². The molecule has 0 aromatic carbocycles. The van der Waals surface area contributed by atoms with E-state index in [1.165, 1.54) is 0 Å². The molecule has 0 saturated carbocycles. The topological polar surface area (TPSA) is 117 Å². The van der Waals surface area contributed by atoms with E-state index in [4.69, 9.17) is 0 Å². The first-order valence-corrected chi connectivity index (χ1v) is 13.2. The summed E-state index contributed by atoms with van der Waals surface area (Å²) in [5.41, 5.74) is 2.97. The van der Waals surface area contributed by atoms with Crippen LogP contribution in [0.5, 0.6) is 0 Å². The summed E-state index contributed by atoms with van der Waals surface area (Å²) >= 11 is 0. The third kappa shape index (κ3) is 13.0. The van der Waals surface area contributed by atoms with Crippen LogP contribution in [0.4, 0.5) is 0 Å². The van der Waals surface area contributed by atoms with Crippen molar-refractivity contribution in [3.8, 4) is 0 Å². The average molecular weight is 533 g/mol. The molecule has 2 N–H and O–H groups in total. The zero-order chi connectivity index (χ0) is 28.5. The molecule has 9 nitrogen and oxygen atoms in total. The Kier molecular flexibility index (Phi) is 14.2. The maximum Gasteiger partial charge on any atom is 0.237 e. The first-order valence-electron chi connectivity index (χ1n) is 13.2. The Morgan fingerprint density at radius 3 is 1.87 bits per heavy atom. The highest BCUT2D eigenvalue weighted by atomic mass is 16.2. The van der Waals surface area contributed by atoms with Crippen LogP contribution in [0.1, 0.15) is 44.5 Å². The molecule has 0 aliphatic rings. The van der Waals surface area contributed by atoms with E-state index in [1.54, 1.807) is 35.9 Å². The van der Waals surface area contributed by atoms with E-state index in [0.29, 0.717) is 26.2 Å². The van der Waals surface area contributed by atoms with E-state index in [9.17, 15) is 14.4 Å². The van der Waals surface area contributed by atoms with Crippen LogP contribution in [0, 0.1) is 11.8 Å². The van der Waals surface area contributed by atoms with Crippen molar-refractivity contribution in [2.45, 2.75) is 47.3 Å². The lowest BCUT2D eigenvalue weighted by Gasteiger charge is -2.23. The van der Waals surface area contributed by atoms with Crippen molar-refractivity contribution in [1.29, 1.82) is 0 Å². The molecule has 0 radical (unpaired) electrons. The van der Waals surface area contributed by atoms with Gasteiger partial charge in [0.05, 0.1) is 25.3 Å². The van der Waals surface area contributed by atoms with Crippen molar-refractivity contribution >= 4 is 17.5 Å². The molecule has 3 aromatic heterocycles. The minimum Gasteiger partial charge on any atom is -0.330 e. The van der Waals surface area contributed by atoms with Gasteiger partial charge >= 0.3 is 0 Å². The van der Waals surface area contributed by atoms with Crippen molar-refractivity contribution < 1.29 is 14.4 Å². The maximum absolute atomic E-state index is 12.6. The van der Waals surface area contributed by atoms with Gasteiger partial charge in [-0.25, -0.2) is 0 Å². The van der Waals surface area contributed by atoms with Gasteiger partial charge < -0.3 is 15.5 Å². The van der Waals surface area contributed by atoms with Crippen LogP contribution in [0.3, 0.4) is 0 Å². The van der Waals surface area contributed by atoms with Crippen LogP contribution >= 0.6 is 0 Å². The Bertz CT molecular complexity index is 1130. The second kappa shape index (κ2) is 17.6.